The van der Waals surface area contributed by atoms with Crippen molar-refractivity contribution in [3.63, 3.8) is 0 Å². The van der Waals surface area contributed by atoms with Crippen LogP contribution >= 0.6 is 0 Å². The second-order valence-corrected chi connectivity index (χ2v) is 4.31. The third-order valence-corrected chi connectivity index (χ3v) is 3.12. The fraction of sp³-hybridized carbons (Fsp3) is 0.267. The van der Waals surface area contributed by atoms with Crippen molar-refractivity contribution in [2.75, 3.05) is 7.11 Å². The number of halogens is 1. The van der Waals surface area contributed by atoms with Gasteiger partial charge >= 0.3 is 0 Å². The summed E-state index contributed by atoms with van der Waals surface area (Å²) in [6.45, 7) is 1.75. The van der Waals surface area contributed by atoms with Gasteiger partial charge in [-0.15, -0.1) is 0 Å². The molecule has 0 amide bonds. The van der Waals surface area contributed by atoms with Gasteiger partial charge in [-0.2, -0.15) is 0 Å². The second-order valence-electron chi connectivity index (χ2n) is 4.31. The lowest BCUT2D eigenvalue weighted by molar-refractivity contribution is 0.119. The van der Waals surface area contributed by atoms with Crippen molar-refractivity contribution in [2.45, 2.75) is 19.6 Å². The van der Waals surface area contributed by atoms with Gasteiger partial charge in [0.05, 0.1) is 24.6 Å². The molecule has 0 saturated carbocycles. The standard InChI is InChI=1S/C15H16FNO2/c1-10(19-2)11-3-5-12(6-4-11)14-7-13(9-18)17-8-15(14)16/h3-8,10,18H,9H2,1-2H3/t10-/m1/s1. The molecule has 3 nitrogen and oxygen atoms in total. The molecule has 1 aromatic heterocycles. The number of nitrogens with zero attached hydrogens (tertiary/aromatic N) is 1. The quantitative estimate of drug-likeness (QED) is 0.919. The Bertz CT molecular complexity index is 555. The van der Waals surface area contributed by atoms with Crippen molar-refractivity contribution in [1.82, 2.24) is 4.98 Å². The van der Waals surface area contributed by atoms with Crippen LogP contribution in [0.1, 0.15) is 24.3 Å². The van der Waals surface area contributed by atoms with Crippen LogP contribution < -0.4 is 0 Å². The number of methoxy groups -OCH3 is 1. The summed E-state index contributed by atoms with van der Waals surface area (Å²) in [5.41, 5.74) is 2.67. The van der Waals surface area contributed by atoms with Crippen LogP contribution in [0, 0.1) is 5.82 Å². The third-order valence-electron chi connectivity index (χ3n) is 3.12. The van der Waals surface area contributed by atoms with Crippen molar-refractivity contribution in [2.24, 2.45) is 0 Å². The van der Waals surface area contributed by atoms with Gasteiger partial charge in [0, 0.05) is 12.7 Å². The van der Waals surface area contributed by atoms with E-state index in [1.54, 1.807) is 13.2 Å². The number of pyridine rings is 1. The Labute approximate surface area is 111 Å². The maximum Gasteiger partial charge on any atom is 0.149 e. The molecule has 0 aliphatic carbocycles. The molecule has 1 atom stereocenters. The summed E-state index contributed by atoms with van der Waals surface area (Å²) >= 11 is 0. The highest BCUT2D eigenvalue weighted by Gasteiger charge is 2.09. The highest BCUT2D eigenvalue weighted by molar-refractivity contribution is 5.64. The molecular formula is C15H16FNO2. The molecule has 0 saturated heterocycles. The van der Waals surface area contributed by atoms with E-state index in [9.17, 15) is 4.39 Å². The summed E-state index contributed by atoms with van der Waals surface area (Å²) in [6.07, 6.45) is 1.14. The van der Waals surface area contributed by atoms with Gasteiger partial charge in [0.1, 0.15) is 5.82 Å². The fourth-order valence-corrected chi connectivity index (χ4v) is 1.86. The minimum Gasteiger partial charge on any atom is -0.390 e. The topological polar surface area (TPSA) is 42.4 Å². The number of hydrogen-bond donors (Lipinski definition) is 1. The van der Waals surface area contributed by atoms with Gasteiger partial charge < -0.3 is 9.84 Å². The summed E-state index contributed by atoms with van der Waals surface area (Å²) in [7, 11) is 1.65. The van der Waals surface area contributed by atoms with Crippen LogP contribution in [0.15, 0.2) is 36.5 Å². The molecule has 1 N–H and O–H groups in total. The fourth-order valence-electron chi connectivity index (χ4n) is 1.86. The van der Waals surface area contributed by atoms with Gasteiger partial charge in [-0.3, -0.25) is 4.98 Å². The van der Waals surface area contributed by atoms with Crippen LogP contribution in [0.2, 0.25) is 0 Å². The molecule has 2 rings (SSSR count). The van der Waals surface area contributed by atoms with Gasteiger partial charge in [0.2, 0.25) is 0 Å². The highest BCUT2D eigenvalue weighted by Crippen LogP contribution is 2.25. The van der Waals surface area contributed by atoms with Crippen molar-refractivity contribution in [3.8, 4) is 11.1 Å². The Balaban J connectivity index is 2.36. The van der Waals surface area contributed by atoms with Crippen LogP contribution in [0.3, 0.4) is 0 Å². The molecule has 0 unspecified atom stereocenters. The molecule has 4 heteroatoms. The number of aliphatic hydroxyl groups is 1. The van der Waals surface area contributed by atoms with E-state index in [4.69, 9.17) is 9.84 Å². The van der Waals surface area contributed by atoms with Crippen molar-refractivity contribution >= 4 is 0 Å². The molecule has 0 spiro atoms. The minimum absolute atomic E-state index is 0.00402. The molecule has 1 heterocycles. The number of aliphatic hydroxyl groups excluding tert-OH is 1. The van der Waals surface area contributed by atoms with E-state index >= 15 is 0 Å². The minimum atomic E-state index is -0.398. The Morgan fingerprint density at radius 2 is 2.00 bits per heavy atom. The molecule has 100 valence electrons. The van der Waals surface area contributed by atoms with E-state index in [0.29, 0.717) is 11.3 Å². The van der Waals surface area contributed by atoms with E-state index in [1.807, 2.05) is 31.2 Å². The molecule has 2 aromatic rings. The Morgan fingerprint density at radius 3 is 2.58 bits per heavy atom. The number of aromatic nitrogens is 1. The highest BCUT2D eigenvalue weighted by atomic mass is 19.1. The number of rotatable bonds is 4. The van der Waals surface area contributed by atoms with Gasteiger partial charge in [-0.1, -0.05) is 24.3 Å². The van der Waals surface area contributed by atoms with Crippen LogP contribution in [-0.2, 0) is 11.3 Å². The largest absolute Gasteiger partial charge is 0.390 e. The maximum atomic E-state index is 13.7. The lowest BCUT2D eigenvalue weighted by atomic mass is 10.0. The second kappa shape index (κ2) is 5.91. The molecule has 0 bridgehead atoms. The monoisotopic (exact) mass is 261 g/mol. The zero-order chi connectivity index (χ0) is 13.8. The number of benzene rings is 1. The van der Waals surface area contributed by atoms with E-state index in [-0.39, 0.29) is 12.7 Å². The van der Waals surface area contributed by atoms with Crippen LogP contribution in [0.25, 0.3) is 11.1 Å². The predicted octanol–water partition coefficient (Wildman–Crippen LogP) is 3.09. The molecular weight excluding hydrogens is 245 g/mol. The van der Waals surface area contributed by atoms with Gasteiger partial charge in [-0.05, 0) is 24.1 Å². The summed E-state index contributed by atoms with van der Waals surface area (Å²) in [5.74, 6) is -0.398. The van der Waals surface area contributed by atoms with E-state index in [2.05, 4.69) is 4.98 Å². The van der Waals surface area contributed by atoms with Gasteiger partial charge in [0.15, 0.2) is 0 Å². The smallest absolute Gasteiger partial charge is 0.149 e. The summed E-state index contributed by atoms with van der Waals surface area (Å²) in [5, 5.41) is 9.05. The van der Waals surface area contributed by atoms with E-state index in [1.165, 1.54) is 0 Å². The van der Waals surface area contributed by atoms with Crippen molar-refractivity contribution < 1.29 is 14.2 Å². The Kier molecular flexibility index (Phi) is 4.24. The Hall–Kier alpha value is -1.78. The van der Waals surface area contributed by atoms with Crippen LogP contribution in [0.4, 0.5) is 4.39 Å². The first-order chi connectivity index (χ1) is 9.15. The summed E-state index contributed by atoms with van der Waals surface area (Å²) in [6, 6.07) is 9.04. The molecule has 0 aliphatic rings. The van der Waals surface area contributed by atoms with Crippen LogP contribution in [-0.4, -0.2) is 17.2 Å². The van der Waals surface area contributed by atoms with E-state index < -0.39 is 5.82 Å². The first-order valence-electron chi connectivity index (χ1n) is 6.04. The average molecular weight is 261 g/mol. The first-order valence-corrected chi connectivity index (χ1v) is 6.04. The molecule has 19 heavy (non-hydrogen) atoms. The lowest BCUT2D eigenvalue weighted by Crippen LogP contribution is -1.96. The van der Waals surface area contributed by atoms with Crippen molar-refractivity contribution in [3.05, 3.63) is 53.6 Å². The first kappa shape index (κ1) is 13.6. The number of ether oxygens (including phenoxy) is 1. The third kappa shape index (κ3) is 2.97. The normalized spacial score (nSPS) is 12.4. The predicted molar refractivity (Wildman–Crippen MR) is 71.0 cm³/mol. The average Bonchev–Trinajstić information content (AvgIpc) is 2.47. The summed E-state index contributed by atoms with van der Waals surface area (Å²) < 4.78 is 19.0. The molecule has 1 aromatic carbocycles. The van der Waals surface area contributed by atoms with Crippen LogP contribution in [0.5, 0.6) is 0 Å². The lowest BCUT2D eigenvalue weighted by Gasteiger charge is -2.11. The summed E-state index contributed by atoms with van der Waals surface area (Å²) in [4.78, 5) is 3.80. The van der Waals surface area contributed by atoms with Gasteiger partial charge in [0.25, 0.3) is 0 Å². The van der Waals surface area contributed by atoms with E-state index in [0.717, 1.165) is 17.3 Å². The Morgan fingerprint density at radius 1 is 1.32 bits per heavy atom. The molecule has 0 fully saturated rings. The number of hydrogen-bond acceptors (Lipinski definition) is 3. The zero-order valence-electron chi connectivity index (χ0n) is 10.9. The maximum absolute atomic E-state index is 13.7. The zero-order valence-corrected chi connectivity index (χ0v) is 10.9. The SMILES string of the molecule is CO[C@H](C)c1ccc(-c2cc(CO)ncc2F)cc1. The molecule has 0 aliphatic heterocycles. The van der Waals surface area contributed by atoms with Gasteiger partial charge in [-0.25, -0.2) is 4.39 Å². The molecule has 0 radical (unpaired) electrons. The van der Waals surface area contributed by atoms with Crippen molar-refractivity contribution in [1.29, 1.82) is 0 Å².